The van der Waals surface area contributed by atoms with Crippen molar-refractivity contribution in [2.24, 2.45) is 0 Å². The molecule has 1 rings (SSSR count). The van der Waals surface area contributed by atoms with Crippen molar-refractivity contribution in [3.63, 3.8) is 0 Å². The van der Waals surface area contributed by atoms with Crippen LogP contribution in [0.1, 0.15) is 13.8 Å². The number of carbonyl (C=O) groups is 1. The second-order valence-electron chi connectivity index (χ2n) is 4.42. The van der Waals surface area contributed by atoms with Crippen LogP contribution in [0.25, 0.3) is 0 Å². The number of ether oxygens (including phenoxy) is 1. The molecule has 0 spiro atoms. The highest BCUT2D eigenvalue weighted by atomic mass is 79.9. The molecular weight excluding hydrogens is 372 g/mol. The van der Waals surface area contributed by atoms with Crippen molar-refractivity contribution < 1.29 is 26.7 Å². The summed E-state index contributed by atoms with van der Waals surface area (Å²) in [4.78, 5) is 10.6. The van der Waals surface area contributed by atoms with Gasteiger partial charge >= 0.3 is 5.97 Å². The van der Waals surface area contributed by atoms with Gasteiger partial charge in [0, 0.05) is 16.6 Å². The second-order valence-corrected chi connectivity index (χ2v) is 7.10. The van der Waals surface area contributed by atoms with E-state index in [9.17, 15) is 22.0 Å². The minimum atomic E-state index is -4.34. The Morgan fingerprint density at radius 1 is 1.38 bits per heavy atom. The molecule has 1 aromatic carbocycles. The van der Waals surface area contributed by atoms with Crippen molar-refractivity contribution in [3.05, 3.63) is 28.2 Å². The number of nitrogens with zero attached hydrogens (tertiary/aromatic N) is 1. The average Bonchev–Trinajstić information content (AvgIpc) is 2.33. The quantitative estimate of drug-likeness (QED) is 0.729. The van der Waals surface area contributed by atoms with Gasteiger partial charge in [-0.05, 0) is 35.8 Å². The molecule has 9 heteroatoms. The Bertz CT molecular complexity index is 626. The largest absolute Gasteiger partial charge is 0.468 e. The highest BCUT2D eigenvalue weighted by molar-refractivity contribution is 9.10. The van der Waals surface area contributed by atoms with Gasteiger partial charge < -0.3 is 4.74 Å². The molecule has 0 heterocycles. The van der Waals surface area contributed by atoms with Crippen molar-refractivity contribution in [2.45, 2.75) is 24.8 Å². The highest BCUT2D eigenvalue weighted by Gasteiger charge is 2.33. The van der Waals surface area contributed by atoms with Gasteiger partial charge in [0.25, 0.3) is 0 Å². The van der Waals surface area contributed by atoms with Gasteiger partial charge in [0.15, 0.2) is 0 Å². The molecule has 1 aromatic rings. The summed E-state index contributed by atoms with van der Waals surface area (Å²) < 4.78 is 56.9. The van der Waals surface area contributed by atoms with Crippen molar-refractivity contribution in [1.82, 2.24) is 4.31 Å². The lowest BCUT2D eigenvalue weighted by atomic mass is 10.3. The Morgan fingerprint density at radius 2 is 1.95 bits per heavy atom. The van der Waals surface area contributed by atoms with Crippen molar-refractivity contribution in [3.8, 4) is 0 Å². The third-order valence-corrected chi connectivity index (χ3v) is 5.61. The molecule has 0 bridgehead atoms. The third kappa shape index (κ3) is 3.98. The normalized spacial score (nSPS) is 12.0. The summed E-state index contributed by atoms with van der Waals surface area (Å²) in [7, 11) is -3.23. The molecule has 0 unspecified atom stereocenters. The molecule has 0 radical (unpaired) electrons. The van der Waals surface area contributed by atoms with Gasteiger partial charge in [-0.15, -0.1) is 0 Å². The molecule has 0 aromatic heterocycles. The molecule has 0 atom stereocenters. The van der Waals surface area contributed by atoms with E-state index in [4.69, 9.17) is 0 Å². The van der Waals surface area contributed by atoms with Gasteiger partial charge in [0.1, 0.15) is 23.1 Å². The first-order chi connectivity index (χ1) is 9.61. The molecular formula is C12H14BrF2NO4S. The van der Waals surface area contributed by atoms with Crippen LogP contribution < -0.4 is 0 Å². The predicted molar refractivity (Wildman–Crippen MR) is 75.1 cm³/mol. The van der Waals surface area contributed by atoms with Crippen LogP contribution in [-0.4, -0.2) is 38.4 Å². The van der Waals surface area contributed by atoms with Crippen LogP contribution in [0.4, 0.5) is 8.78 Å². The summed E-state index contributed by atoms with van der Waals surface area (Å²) in [5.41, 5.74) is 0. The lowest BCUT2D eigenvalue weighted by molar-refractivity contribution is -0.141. The smallest absolute Gasteiger partial charge is 0.321 e. The number of rotatable bonds is 5. The first-order valence-electron chi connectivity index (χ1n) is 5.84. The maximum atomic E-state index is 13.9. The lowest BCUT2D eigenvalue weighted by Gasteiger charge is -2.25. The molecule has 0 N–H and O–H groups in total. The SMILES string of the molecule is COC(=O)CN(C(C)C)S(=O)(=O)c1c(F)cc(F)cc1Br. The Hall–Kier alpha value is -1.06. The van der Waals surface area contributed by atoms with E-state index in [-0.39, 0.29) is 4.47 Å². The number of carbonyl (C=O) groups excluding carboxylic acids is 1. The fourth-order valence-electron chi connectivity index (χ4n) is 1.63. The highest BCUT2D eigenvalue weighted by Crippen LogP contribution is 2.29. The van der Waals surface area contributed by atoms with Gasteiger partial charge in [0.05, 0.1) is 7.11 Å². The van der Waals surface area contributed by atoms with Crippen LogP contribution in [0.3, 0.4) is 0 Å². The number of benzene rings is 1. The van der Waals surface area contributed by atoms with E-state index in [0.29, 0.717) is 6.07 Å². The van der Waals surface area contributed by atoms with Gasteiger partial charge in [0.2, 0.25) is 10.0 Å². The summed E-state index contributed by atoms with van der Waals surface area (Å²) >= 11 is 2.83. The number of hydrogen-bond donors (Lipinski definition) is 0. The zero-order valence-corrected chi connectivity index (χ0v) is 14.0. The van der Waals surface area contributed by atoms with Crippen molar-refractivity contribution >= 4 is 31.9 Å². The maximum Gasteiger partial charge on any atom is 0.321 e. The Kier molecular flexibility index (Phi) is 5.83. The number of hydrogen-bond acceptors (Lipinski definition) is 4. The van der Waals surface area contributed by atoms with Crippen LogP contribution in [-0.2, 0) is 19.6 Å². The van der Waals surface area contributed by atoms with E-state index in [0.717, 1.165) is 17.5 Å². The Labute approximate surface area is 130 Å². The molecule has 0 saturated heterocycles. The molecule has 118 valence electrons. The number of methoxy groups -OCH3 is 1. The summed E-state index contributed by atoms with van der Waals surface area (Å²) in [6.45, 7) is 2.48. The first kappa shape index (κ1) is 18.0. The third-order valence-electron chi connectivity index (χ3n) is 2.62. The van der Waals surface area contributed by atoms with Crippen LogP contribution in [0.5, 0.6) is 0 Å². The second kappa shape index (κ2) is 6.80. The number of esters is 1. The van der Waals surface area contributed by atoms with E-state index in [1.165, 1.54) is 13.8 Å². The molecule has 5 nitrogen and oxygen atoms in total. The summed E-state index contributed by atoms with van der Waals surface area (Å²) in [5.74, 6) is -2.94. The van der Waals surface area contributed by atoms with E-state index in [1.807, 2.05) is 0 Å². The van der Waals surface area contributed by atoms with E-state index >= 15 is 0 Å². The Morgan fingerprint density at radius 3 is 2.38 bits per heavy atom. The van der Waals surface area contributed by atoms with E-state index in [1.54, 1.807) is 0 Å². The van der Waals surface area contributed by atoms with Crippen molar-refractivity contribution in [2.75, 3.05) is 13.7 Å². The first-order valence-corrected chi connectivity index (χ1v) is 8.07. The van der Waals surface area contributed by atoms with Crippen LogP contribution in [0.2, 0.25) is 0 Å². The summed E-state index contributed by atoms with van der Waals surface area (Å²) in [5, 5.41) is 0. The standard InChI is InChI=1S/C12H14BrF2NO4S/c1-7(2)16(6-11(17)20-3)21(18,19)12-9(13)4-8(14)5-10(12)15/h4-5,7H,6H2,1-3H3. The number of sulfonamides is 1. The maximum absolute atomic E-state index is 13.9. The minimum Gasteiger partial charge on any atom is -0.468 e. The monoisotopic (exact) mass is 385 g/mol. The fraction of sp³-hybridized carbons (Fsp3) is 0.417. The summed E-state index contributed by atoms with van der Waals surface area (Å²) in [6.07, 6.45) is 0. The molecule has 0 saturated carbocycles. The van der Waals surface area contributed by atoms with E-state index < -0.39 is 45.1 Å². The molecule has 0 aliphatic rings. The van der Waals surface area contributed by atoms with Gasteiger partial charge in [-0.2, -0.15) is 4.31 Å². The minimum absolute atomic E-state index is 0.254. The zero-order valence-electron chi connectivity index (χ0n) is 11.6. The van der Waals surface area contributed by atoms with Crippen LogP contribution in [0.15, 0.2) is 21.5 Å². The lowest BCUT2D eigenvalue weighted by Crippen LogP contribution is -2.41. The summed E-state index contributed by atoms with van der Waals surface area (Å²) in [6, 6.07) is 0.687. The Balaban J connectivity index is 3.40. The zero-order chi connectivity index (χ0) is 16.4. The molecule has 0 aliphatic carbocycles. The predicted octanol–water partition coefficient (Wildman–Crippen LogP) is 2.30. The van der Waals surface area contributed by atoms with Crippen LogP contribution >= 0.6 is 15.9 Å². The van der Waals surface area contributed by atoms with Crippen molar-refractivity contribution in [1.29, 1.82) is 0 Å². The molecule has 0 amide bonds. The van der Waals surface area contributed by atoms with Crippen LogP contribution in [0, 0.1) is 11.6 Å². The van der Waals surface area contributed by atoms with Gasteiger partial charge in [-0.1, -0.05) is 0 Å². The topological polar surface area (TPSA) is 63.7 Å². The van der Waals surface area contributed by atoms with Gasteiger partial charge in [-0.3, -0.25) is 4.79 Å². The van der Waals surface area contributed by atoms with E-state index in [2.05, 4.69) is 20.7 Å². The average molecular weight is 386 g/mol. The van der Waals surface area contributed by atoms with Gasteiger partial charge in [-0.25, -0.2) is 17.2 Å². The fourth-order valence-corrected chi connectivity index (χ4v) is 4.33. The molecule has 0 aliphatic heterocycles. The number of halogens is 3. The molecule has 0 fully saturated rings. The molecule has 21 heavy (non-hydrogen) atoms.